The van der Waals surface area contributed by atoms with Gasteiger partial charge in [0.2, 0.25) is 5.91 Å². The van der Waals surface area contributed by atoms with Crippen LogP contribution in [0.2, 0.25) is 0 Å². The molecule has 4 nitrogen and oxygen atoms in total. The Morgan fingerprint density at radius 2 is 2.16 bits per heavy atom. The summed E-state index contributed by atoms with van der Waals surface area (Å²) in [7, 11) is 1.86. The summed E-state index contributed by atoms with van der Waals surface area (Å²) in [4.78, 5) is 18.9. The van der Waals surface area contributed by atoms with E-state index in [1.165, 1.54) is 6.42 Å². The summed E-state index contributed by atoms with van der Waals surface area (Å²) in [6.07, 6.45) is 5.33. The standard InChI is InChI=1S/C14H23N3OS/c1-11-16-12(9-19-11)8-17(2)13(18)14(10-15)6-4-3-5-7-14/h9H,3-8,10,15H2,1-2H3. The van der Waals surface area contributed by atoms with Gasteiger partial charge in [-0.3, -0.25) is 4.79 Å². The zero-order valence-corrected chi connectivity index (χ0v) is 12.6. The quantitative estimate of drug-likeness (QED) is 0.921. The van der Waals surface area contributed by atoms with Crippen LogP contribution in [-0.2, 0) is 11.3 Å². The molecule has 1 aromatic rings. The molecule has 1 aliphatic carbocycles. The third kappa shape index (κ3) is 3.15. The van der Waals surface area contributed by atoms with Crippen LogP contribution < -0.4 is 5.73 Å². The second kappa shape index (κ2) is 6.01. The molecule has 106 valence electrons. The van der Waals surface area contributed by atoms with Gasteiger partial charge in [-0.15, -0.1) is 11.3 Å². The monoisotopic (exact) mass is 281 g/mol. The van der Waals surface area contributed by atoms with Gasteiger partial charge >= 0.3 is 0 Å². The molecule has 0 aliphatic heterocycles. The van der Waals surface area contributed by atoms with Gasteiger partial charge in [0.25, 0.3) is 0 Å². The lowest BCUT2D eigenvalue weighted by molar-refractivity contribution is -0.142. The first-order valence-electron chi connectivity index (χ1n) is 6.94. The van der Waals surface area contributed by atoms with Gasteiger partial charge in [-0.1, -0.05) is 19.3 Å². The number of amides is 1. The van der Waals surface area contributed by atoms with Gasteiger partial charge in [-0.05, 0) is 19.8 Å². The van der Waals surface area contributed by atoms with Crippen LogP contribution in [0, 0.1) is 12.3 Å². The molecule has 2 N–H and O–H groups in total. The second-order valence-electron chi connectivity index (χ2n) is 5.56. The van der Waals surface area contributed by atoms with Crippen molar-refractivity contribution in [2.24, 2.45) is 11.1 Å². The van der Waals surface area contributed by atoms with Crippen molar-refractivity contribution in [2.75, 3.05) is 13.6 Å². The van der Waals surface area contributed by atoms with Crippen molar-refractivity contribution >= 4 is 17.2 Å². The minimum atomic E-state index is -0.321. The Morgan fingerprint density at radius 1 is 1.47 bits per heavy atom. The highest BCUT2D eigenvalue weighted by atomic mass is 32.1. The number of hydrogen-bond donors (Lipinski definition) is 1. The molecule has 1 saturated carbocycles. The van der Waals surface area contributed by atoms with E-state index in [4.69, 9.17) is 5.73 Å². The molecule has 5 heteroatoms. The first-order chi connectivity index (χ1) is 9.07. The molecule has 0 radical (unpaired) electrons. The minimum Gasteiger partial charge on any atom is -0.339 e. The summed E-state index contributed by atoms with van der Waals surface area (Å²) >= 11 is 1.62. The fourth-order valence-corrected chi connectivity index (χ4v) is 3.54. The lowest BCUT2D eigenvalue weighted by Crippen LogP contribution is -2.47. The van der Waals surface area contributed by atoms with E-state index in [1.807, 2.05) is 19.4 Å². The average molecular weight is 281 g/mol. The number of nitrogens with zero attached hydrogens (tertiary/aromatic N) is 2. The molecule has 19 heavy (non-hydrogen) atoms. The molecular formula is C14H23N3OS. The summed E-state index contributed by atoms with van der Waals surface area (Å²) in [6.45, 7) is 3.04. The molecule has 1 amide bonds. The van der Waals surface area contributed by atoms with Gasteiger partial charge in [-0.25, -0.2) is 4.98 Å². The van der Waals surface area contributed by atoms with Crippen LogP contribution in [-0.4, -0.2) is 29.4 Å². The van der Waals surface area contributed by atoms with Gasteiger partial charge in [0.15, 0.2) is 0 Å². The van der Waals surface area contributed by atoms with Crippen molar-refractivity contribution in [2.45, 2.75) is 45.6 Å². The third-order valence-corrected chi connectivity index (χ3v) is 4.89. The maximum Gasteiger partial charge on any atom is 0.230 e. The van der Waals surface area contributed by atoms with Crippen LogP contribution >= 0.6 is 11.3 Å². The summed E-state index contributed by atoms with van der Waals surface area (Å²) in [5.74, 6) is 0.195. The van der Waals surface area contributed by atoms with E-state index in [2.05, 4.69) is 4.98 Å². The second-order valence-corrected chi connectivity index (χ2v) is 6.63. The highest BCUT2D eigenvalue weighted by molar-refractivity contribution is 7.09. The Kier molecular flexibility index (Phi) is 4.58. The van der Waals surface area contributed by atoms with Crippen LogP contribution in [0.3, 0.4) is 0 Å². The predicted octanol–water partition coefficient (Wildman–Crippen LogP) is 2.32. The first-order valence-corrected chi connectivity index (χ1v) is 7.82. The van der Waals surface area contributed by atoms with E-state index in [0.717, 1.165) is 36.4 Å². The fraction of sp³-hybridized carbons (Fsp3) is 0.714. The van der Waals surface area contributed by atoms with Crippen LogP contribution in [0.4, 0.5) is 0 Å². The lowest BCUT2D eigenvalue weighted by atomic mass is 9.73. The summed E-state index contributed by atoms with van der Waals surface area (Å²) < 4.78 is 0. The molecular weight excluding hydrogens is 258 g/mol. The van der Waals surface area contributed by atoms with E-state index >= 15 is 0 Å². The molecule has 0 atom stereocenters. The lowest BCUT2D eigenvalue weighted by Gasteiger charge is -2.37. The topological polar surface area (TPSA) is 59.2 Å². The van der Waals surface area contributed by atoms with Crippen molar-refractivity contribution in [3.05, 3.63) is 16.1 Å². The summed E-state index contributed by atoms with van der Waals surface area (Å²) in [6, 6.07) is 0. The maximum absolute atomic E-state index is 12.7. The average Bonchev–Trinajstić information content (AvgIpc) is 2.84. The molecule has 0 aromatic carbocycles. The Labute approximate surface area is 119 Å². The number of carbonyl (C=O) groups excluding carboxylic acids is 1. The molecule has 0 spiro atoms. The largest absolute Gasteiger partial charge is 0.339 e. The Balaban J connectivity index is 2.04. The molecule has 0 unspecified atom stereocenters. The molecule has 0 bridgehead atoms. The Bertz CT molecular complexity index is 438. The molecule has 1 aromatic heterocycles. The van der Waals surface area contributed by atoms with Crippen LogP contribution in [0.15, 0.2) is 5.38 Å². The molecule has 2 rings (SSSR count). The van der Waals surface area contributed by atoms with E-state index in [9.17, 15) is 4.79 Å². The van der Waals surface area contributed by atoms with Gasteiger partial charge in [-0.2, -0.15) is 0 Å². The smallest absolute Gasteiger partial charge is 0.230 e. The van der Waals surface area contributed by atoms with Gasteiger partial charge in [0, 0.05) is 19.0 Å². The number of nitrogens with two attached hydrogens (primary N) is 1. The van der Waals surface area contributed by atoms with E-state index < -0.39 is 0 Å². The van der Waals surface area contributed by atoms with Crippen LogP contribution in [0.5, 0.6) is 0 Å². The van der Waals surface area contributed by atoms with Gasteiger partial charge in [0.05, 0.1) is 22.7 Å². The normalized spacial score (nSPS) is 18.3. The fourth-order valence-electron chi connectivity index (χ4n) is 2.93. The van der Waals surface area contributed by atoms with Gasteiger partial charge in [0.1, 0.15) is 0 Å². The number of hydrogen-bond acceptors (Lipinski definition) is 4. The Morgan fingerprint density at radius 3 is 2.68 bits per heavy atom. The van der Waals surface area contributed by atoms with Crippen molar-refractivity contribution in [1.82, 2.24) is 9.88 Å². The molecule has 1 aliphatic rings. The highest BCUT2D eigenvalue weighted by Gasteiger charge is 2.39. The van der Waals surface area contributed by atoms with E-state index in [1.54, 1.807) is 16.2 Å². The van der Waals surface area contributed by atoms with E-state index in [0.29, 0.717) is 13.1 Å². The number of carbonyl (C=O) groups is 1. The predicted molar refractivity (Wildman–Crippen MR) is 77.9 cm³/mol. The summed E-state index contributed by atoms with van der Waals surface area (Å²) in [5, 5.41) is 3.07. The minimum absolute atomic E-state index is 0.195. The number of aryl methyl sites for hydroxylation is 1. The van der Waals surface area contributed by atoms with Crippen LogP contribution in [0.25, 0.3) is 0 Å². The number of aromatic nitrogens is 1. The highest BCUT2D eigenvalue weighted by Crippen LogP contribution is 2.37. The van der Waals surface area contributed by atoms with Crippen molar-refractivity contribution < 1.29 is 4.79 Å². The van der Waals surface area contributed by atoms with E-state index in [-0.39, 0.29) is 11.3 Å². The number of rotatable bonds is 4. The SMILES string of the molecule is Cc1nc(CN(C)C(=O)C2(CN)CCCCC2)cs1. The van der Waals surface area contributed by atoms with Crippen molar-refractivity contribution in [3.8, 4) is 0 Å². The molecule has 0 saturated heterocycles. The van der Waals surface area contributed by atoms with Gasteiger partial charge < -0.3 is 10.6 Å². The van der Waals surface area contributed by atoms with Crippen molar-refractivity contribution in [1.29, 1.82) is 0 Å². The number of thiazole rings is 1. The maximum atomic E-state index is 12.7. The molecule has 1 fully saturated rings. The third-order valence-electron chi connectivity index (χ3n) is 4.07. The molecule has 1 heterocycles. The summed E-state index contributed by atoms with van der Waals surface area (Å²) in [5.41, 5.74) is 6.57. The van der Waals surface area contributed by atoms with Crippen LogP contribution in [0.1, 0.15) is 42.8 Å². The van der Waals surface area contributed by atoms with Crippen molar-refractivity contribution in [3.63, 3.8) is 0 Å². The zero-order valence-electron chi connectivity index (χ0n) is 11.8. The Hall–Kier alpha value is -0.940. The zero-order chi connectivity index (χ0) is 13.9. The first kappa shape index (κ1) is 14.5.